The molecular weight excluding hydrogens is 196 g/mol. The van der Waals surface area contributed by atoms with Crippen molar-refractivity contribution in [2.75, 3.05) is 0 Å². The van der Waals surface area contributed by atoms with E-state index in [1.165, 1.54) is 5.56 Å². The number of fused-ring (bicyclic) bond motifs is 3. The third-order valence-corrected chi connectivity index (χ3v) is 3.49. The second-order valence-corrected chi connectivity index (χ2v) is 5.21. The molecule has 0 aromatic heterocycles. The van der Waals surface area contributed by atoms with Crippen LogP contribution in [-0.4, -0.2) is 5.78 Å². The van der Waals surface area contributed by atoms with Crippen molar-refractivity contribution in [1.82, 2.24) is 0 Å². The van der Waals surface area contributed by atoms with Crippen molar-refractivity contribution in [1.29, 1.82) is 0 Å². The Balaban J connectivity index is 2.39. The first kappa shape index (κ1) is 9.59. The Labute approximate surface area is 95.1 Å². The van der Waals surface area contributed by atoms with Gasteiger partial charge < -0.3 is 0 Å². The molecular formula is C15H14O. The van der Waals surface area contributed by atoms with Crippen LogP contribution >= 0.6 is 0 Å². The minimum atomic E-state index is -0.230. The SMILES string of the molecule is CC1(C)Cc2ccc3ccccc3c2C1=O. The number of Topliss-reactive ketones (excluding diaryl/α,β-unsaturated/α-hetero) is 1. The smallest absolute Gasteiger partial charge is 0.169 e. The monoisotopic (exact) mass is 210 g/mol. The first-order chi connectivity index (χ1) is 7.59. The molecule has 0 fully saturated rings. The number of carbonyl (C=O) groups is 1. The maximum absolute atomic E-state index is 12.3. The molecule has 16 heavy (non-hydrogen) atoms. The number of hydrogen-bond donors (Lipinski definition) is 0. The number of hydrogen-bond acceptors (Lipinski definition) is 1. The van der Waals surface area contributed by atoms with Gasteiger partial charge in [-0.25, -0.2) is 0 Å². The van der Waals surface area contributed by atoms with Crippen LogP contribution in [0, 0.1) is 5.41 Å². The molecule has 80 valence electrons. The summed E-state index contributed by atoms with van der Waals surface area (Å²) in [6, 6.07) is 12.3. The molecule has 0 radical (unpaired) electrons. The highest BCUT2D eigenvalue weighted by Gasteiger charge is 2.38. The molecule has 2 aromatic carbocycles. The molecule has 1 heteroatoms. The number of carbonyl (C=O) groups excluding carboxylic acids is 1. The molecule has 0 saturated heterocycles. The summed E-state index contributed by atoms with van der Waals surface area (Å²) in [7, 11) is 0. The summed E-state index contributed by atoms with van der Waals surface area (Å²) < 4.78 is 0. The molecule has 0 atom stereocenters. The Hall–Kier alpha value is -1.63. The lowest BCUT2D eigenvalue weighted by atomic mass is 9.88. The zero-order chi connectivity index (χ0) is 11.3. The lowest BCUT2D eigenvalue weighted by Crippen LogP contribution is -2.19. The van der Waals surface area contributed by atoms with E-state index in [-0.39, 0.29) is 5.41 Å². The molecule has 3 rings (SSSR count). The van der Waals surface area contributed by atoms with Gasteiger partial charge in [0.1, 0.15) is 0 Å². The van der Waals surface area contributed by atoms with Crippen LogP contribution in [0.25, 0.3) is 10.8 Å². The van der Waals surface area contributed by atoms with E-state index in [1.54, 1.807) is 0 Å². The number of ketones is 1. The van der Waals surface area contributed by atoms with Crippen LogP contribution in [0.5, 0.6) is 0 Å². The van der Waals surface area contributed by atoms with E-state index in [0.29, 0.717) is 5.78 Å². The fraction of sp³-hybridized carbons (Fsp3) is 0.267. The van der Waals surface area contributed by atoms with E-state index < -0.39 is 0 Å². The van der Waals surface area contributed by atoms with E-state index in [0.717, 1.165) is 22.8 Å². The standard InChI is InChI=1S/C15H14O/c1-15(2)9-11-8-7-10-5-3-4-6-12(10)13(11)14(15)16/h3-8H,9H2,1-2H3. The van der Waals surface area contributed by atoms with Crippen molar-refractivity contribution < 1.29 is 4.79 Å². The molecule has 0 spiro atoms. The summed E-state index contributed by atoms with van der Waals surface area (Å²) in [5.41, 5.74) is 1.92. The summed E-state index contributed by atoms with van der Waals surface area (Å²) in [5, 5.41) is 2.27. The first-order valence-corrected chi connectivity index (χ1v) is 5.65. The Bertz CT molecular complexity index is 593. The van der Waals surface area contributed by atoms with Gasteiger partial charge in [0.25, 0.3) is 0 Å². The number of rotatable bonds is 0. The maximum atomic E-state index is 12.3. The highest BCUT2D eigenvalue weighted by atomic mass is 16.1. The zero-order valence-corrected chi connectivity index (χ0v) is 9.58. The quantitative estimate of drug-likeness (QED) is 0.649. The van der Waals surface area contributed by atoms with E-state index in [4.69, 9.17) is 0 Å². The molecule has 1 nitrogen and oxygen atoms in total. The second kappa shape index (κ2) is 2.94. The van der Waals surface area contributed by atoms with Gasteiger partial charge in [-0.1, -0.05) is 50.2 Å². The van der Waals surface area contributed by atoms with Crippen LogP contribution in [0.1, 0.15) is 29.8 Å². The van der Waals surface area contributed by atoms with Gasteiger partial charge in [0.2, 0.25) is 0 Å². The molecule has 1 aliphatic rings. The summed E-state index contributed by atoms with van der Waals surface area (Å²) in [6.45, 7) is 4.06. The molecule has 0 saturated carbocycles. The lowest BCUT2D eigenvalue weighted by molar-refractivity contribution is 0.0865. The van der Waals surface area contributed by atoms with Gasteiger partial charge in [-0.05, 0) is 22.8 Å². The Kier molecular flexibility index (Phi) is 1.76. The average molecular weight is 210 g/mol. The van der Waals surface area contributed by atoms with Crippen LogP contribution in [0.15, 0.2) is 36.4 Å². The van der Waals surface area contributed by atoms with Gasteiger partial charge >= 0.3 is 0 Å². The Morgan fingerprint density at radius 1 is 1.06 bits per heavy atom. The zero-order valence-electron chi connectivity index (χ0n) is 9.58. The fourth-order valence-corrected chi connectivity index (χ4v) is 2.63. The normalized spacial score (nSPS) is 17.8. The predicted molar refractivity (Wildman–Crippen MR) is 65.8 cm³/mol. The van der Waals surface area contributed by atoms with E-state index in [9.17, 15) is 4.79 Å². The molecule has 0 N–H and O–H groups in total. The van der Waals surface area contributed by atoms with Crippen molar-refractivity contribution >= 4 is 16.6 Å². The first-order valence-electron chi connectivity index (χ1n) is 5.65. The predicted octanol–water partition coefficient (Wildman–Crippen LogP) is 3.60. The van der Waals surface area contributed by atoms with Crippen molar-refractivity contribution in [2.45, 2.75) is 20.3 Å². The molecule has 0 bridgehead atoms. The van der Waals surface area contributed by atoms with Crippen LogP contribution in [0.3, 0.4) is 0 Å². The molecule has 1 aliphatic carbocycles. The molecule has 2 aromatic rings. The van der Waals surface area contributed by atoms with Crippen LogP contribution in [-0.2, 0) is 6.42 Å². The van der Waals surface area contributed by atoms with Crippen LogP contribution in [0.2, 0.25) is 0 Å². The third kappa shape index (κ3) is 1.15. The maximum Gasteiger partial charge on any atom is 0.169 e. The third-order valence-electron chi connectivity index (χ3n) is 3.49. The summed E-state index contributed by atoms with van der Waals surface area (Å²) in [6.07, 6.45) is 0.867. The minimum absolute atomic E-state index is 0.230. The van der Waals surface area contributed by atoms with Gasteiger partial charge in [0.15, 0.2) is 5.78 Å². The highest BCUT2D eigenvalue weighted by Crippen LogP contribution is 2.39. The van der Waals surface area contributed by atoms with Gasteiger partial charge in [0.05, 0.1) is 0 Å². The Morgan fingerprint density at radius 2 is 1.81 bits per heavy atom. The summed E-state index contributed by atoms with van der Waals surface area (Å²) >= 11 is 0. The fourth-order valence-electron chi connectivity index (χ4n) is 2.63. The molecule has 0 amide bonds. The minimum Gasteiger partial charge on any atom is -0.294 e. The highest BCUT2D eigenvalue weighted by molar-refractivity contribution is 6.14. The van der Waals surface area contributed by atoms with Gasteiger partial charge in [-0.15, -0.1) is 0 Å². The van der Waals surface area contributed by atoms with Gasteiger partial charge in [0, 0.05) is 11.0 Å². The summed E-state index contributed by atoms with van der Waals surface area (Å²) in [5.74, 6) is 0.291. The van der Waals surface area contributed by atoms with Gasteiger partial charge in [-0.2, -0.15) is 0 Å². The van der Waals surface area contributed by atoms with E-state index in [1.807, 2.05) is 32.0 Å². The Morgan fingerprint density at radius 3 is 2.62 bits per heavy atom. The lowest BCUT2D eigenvalue weighted by Gasteiger charge is -2.13. The van der Waals surface area contributed by atoms with Gasteiger partial charge in [-0.3, -0.25) is 4.79 Å². The van der Waals surface area contributed by atoms with Crippen LogP contribution < -0.4 is 0 Å². The topological polar surface area (TPSA) is 17.1 Å². The van der Waals surface area contributed by atoms with Crippen molar-refractivity contribution in [2.24, 2.45) is 5.41 Å². The second-order valence-electron chi connectivity index (χ2n) is 5.21. The van der Waals surface area contributed by atoms with Crippen molar-refractivity contribution in [3.05, 3.63) is 47.5 Å². The molecule has 0 aliphatic heterocycles. The van der Waals surface area contributed by atoms with E-state index in [2.05, 4.69) is 18.2 Å². The summed E-state index contributed by atoms with van der Waals surface area (Å²) in [4.78, 5) is 12.3. The van der Waals surface area contributed by atoms with Crippen molar-refractivity contribution in [3.8, 4) is 0 Å². The molecule has 0 unspecified atom stereocenters. The van der Waals surface area contributed by atoms with E-state index >= 15 is 0 Å². The average Bonchev–Trinajstić information content (AvgIpc) is 2.50. The number of benzene rings is 2. The molecule has 0 heterocycles. The van der Waals surface area contributed by atoms with Crippen LogP contribution in [0.4, 0.5) is 0 Å². The largest absolute Gasteiger partial charge is 0.294 e. The van der Waals surface area contributed by atoms with Crippen molar-refractivity contribution in [3.63, 3.8) is 0 Å².